The topological polar surface area (TPSA) is 128 Å². The van der Waals surface area contributed by atoms with E-state index in [0.29, 0.717) is 37.6 Å². The molecule has 2 amide bonds. The van der Waals surface area contributed by atoms with Crippen LogP contribution in [0.2, 0.25) is 0 Å². The number of alkyl carbamates (subject to hydrolysis) is 1. The number of esters is 1. The number of fused-ring (bicyclic) bond motifs is 5. The molecule has 6 atom stereocenters. The number of rotatable bonds is 2. The van der Waals surface area contributed by atoms with Crippen molar-refractivity contribution >= 4 is 18.0 Å². The lowest BCUT2D eigenvalue weighted by Crippen LogP contribution is -2.57. The van der Waals surface area contributed by atoms with Crippen molar-refractivity contribution in [2.45, 2.75) is 91.3 Å². The molecule has 0 radical (unpaired) electrons. The molecule has 44 heavy (non-hydrogen) atoms. The Balaban J connectivity index is 1.40. The second-order valence-electron chi connectivity index (χ2n) is 13.7. The molecule has 242 valence electrons. The highest BCUT2D eigenvalue weighted by atomic mass is 16.8. The highest BCUT2D eigenvalue weighted by Crippen LogP contribution is 2.43. The number of amides is 2. The Hall–Kier alpha value is -3.35. The van der Waals surface area contributed by atoms with Crippen LogP contribution in [-0.4, -0.2) is 92.5 Å². The predicted molar refractivity (Wildman–Crippen MR) is 159 cm³/mol. The van der Waals surface area contributed by atoms with Gasteiger partial charge in [-0.25, -0.2) is 9.59 Å². The molecule has 2 fully saturated rings. The first kappa shape index (κ1) is 32.1. The van der Waals surface area contributed by atoms with Crippen molar-refractivity contribution in [2.75, 3.05) is 34.0 Å². The van der Waals surface area contributed by atoms with Crippen molar-refractivity contribution in [2.24, 2.45) is 10.8 Å². The number of nitrogens with one attached hydrogen (secondary N) is 1. The molecule has 1 aromatic rings. The number of nitrogens with zero attached hydrogens (tertiary/aromatic N) is 2. The van der Waals surface area contributed by atoms with Crippen LogP contribution in [0.4, 0.5) is 4.79 Å². The van der Waals surface area contributed by atoms with E-state index in [0.717, 1.165) is 11.1 Å². The maximum absolute atomic E-state index is 14.0. The molecular formula is C32H45N3O9. The minimum absolute atomic E-state index is 0.137. The summed E-state index contributed by atoms with van der Waals surface area (Å²) in [6, 6.07) is 2.16. The number of carbonyl (C=O) groups excluding carboxylic acids is 3. The third-order valence-electron chi connectivity index (χ3n) is 8.54. The SMILES string of the molecule is COC(=O)C1CC2CN1C(=O)C(C(C)(C)C)NC(=O)OCC(C)(C)CC=CCOc1c(OC)ccc3c1CN(C3)C1OC1O2. The molecule has 5 rings (SSSR count). The van der Waals surface area contributed by atoms with Gasteiger partial charge in [0.2, 0.25) is 5.91 Å². The fraction of sp³-hybridized carbons (Fsp3) is 0.656. The number of benzene rings is 1. The lowest BCUT2D eigenvalue weighted by molar-refractivity contribution is -0.152. The molecule has 1 N–H and O–H groups in total. The summed E-state index contributed by atoms with van der Waals surface area (Å²) in [4.78, 5) is 43.4. The van der Waals surface area contributed by atoms with Gasteiger partial charge in [-0.15, -0.1) is 0 Å². The Kier molecular flexibility index (Phi) is 9.16. The van der Waals surface area contributed by atoms with Crippen LogP contribution in [0.1, 0.15) is 58.6 Å². The number of carbonyl (C=O) groups is 3. The van der Waals surface area contributed by atoms with Gasteiger partial charge in [0.25, 0.3) is 0 Å². The van der Waals surface area contributed by atoms with E-state index >= 15 is 0 Å². The Labute approximate surface area is 258 Å². The largest absolute Gasteiger partial charge is 0.493 e. The van der Waals surface area contributed by atoms with Crippen LogP contribution < -0.4 is 14.8 Å². The van der Waals surface area contributed by atoms with Crippen LogP contribution in [0.3, 0.4) is 0 Å². The van der Waals surface area contributed by atoms with Crippen LogP contribution >= 0.6 is 0 Å². The quantitative estimate of drug-likeness (QED) is 0.301. The number of methoxy groups -OCH3 is 2. The van der Waals surface area contributed by atoms with Gasteiger partial charge in [0, 0.05) is 37.0 Å². The van der Waals surface area contributed by atoms with Crippen LogP contribution in [0.15, 0.2) is 24.3 Å². The summed E-state index contributed by atoms with van der Waals surface area (Å²) in [6.45, 7) is 11.5. The number of hydrogen-bond donors (Lipinski definition) is 1. The van der Waals surface area contributed by atoms with Gasteiger partial charge in [0.15, 0.2) is 24.0 Å². The van der Waals surface area contributed by atoms with E-state index in [4.69, 9.17) is 28.4 Å². The van der Waals surface area contributed by atoms with E-state index in [-0.39, 0.29) is 31.2 Å². The molecular weight excluding hydrogens is 570 g/mol. The van der Waals surface area contributed by atoms with Gasteiger partial charge in [0.05, 0.1) is 26.9 Å². The van der Waals surface area contributed by atoms with E-state index in [2.05, 4.69) is 10.2 Å². The Morgan fingerprint density at radius 2 is 1.84 bits per heavy atom. The van der Waals surface area contributed by atoms with Gasteiger partial charge in [-0.05, 0) is 23.5 Å². The van der Waals surface area contributed by atoms with Gasteiger partial charge in [-0.1, -0.05) is 52.8 Å². The maximum atomic E-state index is 14.0. The Bertz CT molecular complexity index is 1290. The van der Waals surface area contributed by atoms with E-state index < -0.39 is 47.9 Å². The number of ether oxygens (including phenoxy) is 6. The molecule has 12 heteroatoms. The minimum Gasteiger partial charge on any atom is -0.493 e. The molecule has 1 aromatic carbocycles. The average molecular weight is 616 g/mol. The molecule has 4 aliphatic heterocycles. The number of cyclic esters (lactones) is 1. The second kappa shape index (κ2) is 12.6. The zero-order chi connectivity index (χ0) is 31.8. The number of epoxide rings is 1. The van der Waals surface area contributed by atoms with Crippen molar-refractivity contribution in [3.8, 4) is 11.5 Å². The maximum Gasteiger partial charge on any atom is 0.407 e. The summed E-state index contributed by atoms with van der Waals surface area (Å²) in [6.07, 6.45) is 2.90. The zero-order valence-corrected chi connectivity index (χ0v) is 26.7. The van der Waals surface area contributed by atoms with Gasteiger partial charge in [-0.3, -0.25) is 9.69 Å². The first-order valence-corrected chi connectivity index (χ1v) is 15.1. The summed E-state index contributed by atoms with van der Waals surface area (Å²) in [7, 11) is 2.92. The highest BCUT2D eigenvalue weighted by molar-refractivity contribution is 5.91. The Morgan fingerprint density at radius 1 is 1.07 bits per heavy atom. The second-order valence-corrected chi connectivity index (χ2v) is 13.7. The van der Waals surface area contributed by atoms with Gasteiger partial charge in [0.1, 0.15) is 18.7 Å². The zero-order valence-electron chi connectivity index (χ0n) is 26.7. The fourth-order valence-electron chi connectivity index (χ4n) is 5.98. The molecule has 0 spiro atoms. The first-order valence-electron chi connectivity index (χ1n) is 15.1. The lowest BCUT2D eigenvalue weighted by atomic mass is 9.85. The minimum atomic E-state index is -0.946. The van der Waals surface area contributed by atoms with Crippen LogP contribution in [0.25, 0.3) is 0 Å². The molecule has 0 aromatic heterocycles. The van der Waals surface area contributed by atoms with Gasteiger partial charge >= 0.3 is 12.1 Å². The van der Waals surface area contributed by atoms with E-state index in [1.807, 2.05) is 58.9 Å². The summed E-state index contributed by atoms with van der Waals surface area (Å²) >= 11 is 0. The van der Waals surface area contributed by atoms with E-state index in [9.17, 15) is 14.4 Å². The molecule has 0 aliphatic carbocycles. The number of allylic oxidation sites excluding steroid dienone is 1. The molecule has 0 saturated carbocycles. The van der Waals surface area contributed by atoms with Crippen molar-refractivity contribution < 1.29 is 42.8 Å². The van der Waals surface area contributed by atoms with Crippen molar-refractivity contribution in [3.63, 3.8) is 0 Å². The van der Waals surface area contributed by atoms with Crippen LogP contribution in [0.5, 0.6) is 11.5 Å². The van der Waals surface area contributed by atoms with Crippen LogP contribution in [-0.2, 0) is 41.6 Å². The third kappa shape index (κ3) is 6.97. The summed E-state index contributed by atoms with van der Waals surface area (Å²) in [5.41, 5.74) is 1.14. The summed E-state index contributed by atoms with van der Waals surface area (Å²) in [5, 5.41) is 2.77. The molecule has 2 saturated heterocycles. The van der Waals surface area contributed by atoms with E-state index in [1.165, 1.54) is 12.0 Å². The molecule has 4 aliphatic rings. The predicted octanol–water partition coefficient (Wildman–Crippen LogP) is 3.36. The fourth-order valence-corrected chi connectivity index (χ4v) is 5.98. The average Bonchev–Trinajstić information content (AvgIpc) is 3.38. The molecule has 4 heterocycles. The first-order chi connectivity index (χ1) is 20.8. The van der Waals surface area contributed by atoms with E-state index in [1.54, 1.807) is 7.11 Å². The van der Waals surface area contributed by atoms with Crippen molar-refractivity contribution in [3.05, 3.63) is 35.4 Å². The molecule has 12 nitrogen and oxygen atoms in total. The van der Waals surface area contributed by atoms with Crippen LogP contribution in [0, 0.1) is 10.8 Å². The normalized spacial score (nSPS) is 30.6. The standard InChI is InChI=1S/C32H45N3O9/c1-31(2,3)25-26(36)35-16-20(14-22(35)28(37)40-7)43-29-27(44-29)34-15-19-10-11-23(39-6)24(21(19)17-34)41-13-9-8-12-32(4,5)18-42-30(38)33-25/h8-11,20,22,25,27,29H,12-18H2,1-7H3,(H,33,38). The molecule has 4 bridgehead atoms. The van der Waals surface area contributed by atoms with Gasteiger partial charge < -0.3 is 38.6 Å². The monoisotopic (exact) mass is 615 g/mol. The van der Waals surface area contributed by atoms with Gasteiger partial charge in [-0.2, -0.15) is 0 Å². The number of hydrogen-bond acceptors (Lipinski definition) is 10. The van der Waals surface area contributed by atoms with Crippen molar-refractivity contribution in [1.82, 2.24) is 15.1 Å². The summed E-state index contributed by atoms with van der Waals surface area (Å²) < 4.78 is 34.7. The smallest absolute Gasteiger partial charge is 0.407 e. The highest BCUT2D eigenvalue weighted by Gasteiger charge is 2.52. The lowest BCUT2D eigenvalue weighted by Gasteiger charge is -2.35. The summed E-state index contributed by atoms with van der Waals surface area (Å²) in [5.74, 6) is 0.432. The Morgan fingerprint density at radius 3 is 2.55 bits per heavy atom. The molecule has 6 unspecified atom stereocenters. The third-order valence-corrected chi connectivity index (χ3v) is 8.54. The van der Waals surface area contributed by atoms with Crippen molar-refractivity contribution in [1.29, 1.82) is 0 Å².